The predicted molar refractivity (Wildman–Crippen MR) is 168 cm³/mol. The molecule has 0 spiro atoms. The highest BCUT2D eigenvalue weighted by atomic mass is 16.6. The number of aliphatic hydroxyl groups excluding tert-OH is 1. The van der Waals surface area contributed by atoms with Gasteiger partial charge in [0.15, 0.2) is 0 Å². The van der Waals surface area contributed by atoms with E-state index in [0.717, 1.165) is 27.7 Å². The number of carbonyl (C=O) groups excluding carboxylic acids is 1. The molecule has 0 bridgehead atoms. The van der Waals surface area contributed by atoms with E-state index in [0.29, 0.717) is 18.8 Å². The molecule has 1 fully saturated rings. The number of hydrogen-bond acceptors (Lipinski definition) is 6. The highest BCUT2D eigenvalue weighted by molar-refractivity contribution is 5.88. The highest BCUT2D eigenvalue weighted by Crippen LogP contribution is 2.43. The van der Waals surface area contributed by atoms with E-state index in [1.807, 2.05) is 45.0 Å². The molecule has 8 nitrogen and oxygen atoms in total. The maximum atomic E-state index is 12.8. The molecule has 2 atom stereocenters. The van der Waals surface area contributed by atoms with Crippen LogP contribution >= 0.6 is 0 Å². The molecule has 5 aromatic rings. The summed E-state index contributed by atoms with van der Waals surface area (Å²) in [6, 6.07) is 33.2. The van der Waals surface area contributed by atoms with Gasteiger partial charge in [-0.2, -0.15) is 0 Å². The minimum Gasteiger partial charge on any atom is -0.444 e. The van der Waals surface area contributed by atoms with Crippen molar-refractivity contribution in [1.82, 2.24) is 19.4 Å². The van der Waals surface area contributed by atoms with E-state index >= 15 is 0 Å². The largest absolute Gasteiger partial charge is 0.444 e. The van der Waals surface area contributed by atoms with Gasteiger partial charge in [-0.1, -0.05) is 91.0 Å². The van der Waals surface area contributed by atoms with Crippen molar-refractivity contribution in [3.63, 3.8) is 0 Å². The first kappa shape index (κ1) is 28.4. The average Bonchev–Trinajstić information content (AvgIpc) is 3.44. The number of amides is 1. The van der Waals surface area contributed by atoms with Crippen molar-refractivity contribution in [2.75, 3.05) is 18.4 Å². The maximum absolute atomic E-state index is 12.8. The third kappa shape index (κ3) is 5.58. The number of rotatable bonds is 6. The Morgan fingerprint density at radius 2 is 1.40 bits per heavy atom. The first-order valence-corrected chi connectivity index (χ1v) is 14.7. The van der Waals surface area contributed by atoms with Gasteiger partial charge in [0.05, 0.1) is 18.0 Å². The van der Waals surface area contributed by atoms with Crippen LogP contribution in [-0.2, 0) is 10.3 Å². The van der Waals surface area contributed by atoms with Crippen molar-refractivity contribution in [2.45, 2.75) is 50.5 Å². The molecule has 0 unspecified atom stereocenters. The number of piperidine rings is 1. The van der Waals surface area contributed by atoms with Gasteiger partial charge in [0.1, 0.15) is 28.9 Å². The second kappa shape index (κ2) is 11.5. The van der Waals surface area contributed by atoms with Crippen LogP contribution in [0.2, 0.25) is 0 Å². The predicted octanol–water partition coefficient (Wildman–Crippen LogP) is 6.05. The molecule has 220 valence electrons. The molecule has 0 radical (unpaired) electrons. The zero-order chi connectivity index (χ0) is 30.0. The minimum atomic E-state index is -0.717. The topological polar surface area (TPSA) is 92.5 Å². The molecule has 3 heterocycles. The average molecular weight is 576 g/mol. The van der Waals surface area contributed by atoms with E-state index in [-0.39, 0.29) is 12.6 Å². The molecule has 2 aromatic heterocycles. The first-order valence-electron chi connectivity index (χ1n) is 14.7. The highest BCUT2D eigenvalue weighted by Gasteiger charge is 2.40. The van der Waals surface area contributed by atoms with Gasteiger partial charge in [-0.05, 0) is 49.9 Å². The van der Waals surface area contributed by atoms with Crippen molar-refractivity contribution in [1.29, 1.82) is 0 Å². The lowest BCUT2D eigenvalue weighted by molar-refractivity contribution is 0.00179. The van der Waals surface area contributed by atoms with Crippen molar-refractivity contribution >= 4 is 22.9 Å². The molecule has 2 N–H and O–H groups in total. The number of fused-ring (bicyclic) bond motifs is 1. The summed E-state index contributed by atoms with van der Waals surface area (Å²) in [6.45, 7) is 6.13. The Bertz CT molecular complexity index is 1590. The van der Waals surface area contributed by atoms with Gasteiger partial charge in [-0.3, -0.25) is 0 Å². The summed E-state index contributed by atoms with van der Waals surface area (Å²) in [5.74, 6) is 0.648. The standard InChI is InChI=1S/C35H37N5O3/c1-34(2,3)43-33(42)39-22-28(21-29(41)23-39)38-31-30-19-20-40(32(30)37-24-36-31)35(25-13-7-4-8-14-25,26-15-9-5-10-16-26)27-17-11-6-12-18-27/h4-20,24,28-29,41H,21-23H2,1-3H3,(H,36,37,38)/t28-,29-/m1/s1. The Hall–Kier alpha value is -4.69. The van der Waals surface area contributed by atoms with Gasteiger partial charge in [-0.15, -0.1) is 0 Å². The van der Waals surface area contributed by atoms with Crippen LogP contribution < -0.4 is 5.32 Å². The van der Waals surface area contributed by atoms with Gasteiger partial charge in [0, 0.05) is 18.8 Å². The lowest BCUT2D eigenvalue weighted by atomic mass is 9.76. The quantitative estimate of drug-likeness (QED) is 0.239. The fourth-order valence-electron chi connectivity index (χ4n) is 6.14. The van der Waals surface area contributed by atoms with Crippen molar-refractivity contribution in [3.8, 4) is 0 Å². The number of likely N-dealkylation sites (tertiary alicyclic amines) is 1. The number of anilines is 1. The van der Waals surface area contributed by atoms with E-state index in [9.17, 15) is 9.90 Å². The molecule has 1 saturated heterocycles. The Balaban J connectivity index is 1.44. The number of aromatic nitrogens is 3. The molecule has 6 rings (SSSR count). The lowest BCUT2D eigenvalue weighted by Gasteiger charge is -2.38. The number of ether oxygens (including phenoxy) is 1. The van der Waals surface area contributed by atoms with Crippen molar-refractivity contribution in [2.24, 2.45) is 0 Å². The van der Waals surface area contributed by atoms with E-state index in [1.54, 1.807) is 11.2 Å². The third-order valence-electron chi connectivity index (χ3n) is 7.84. The Morgan fingerprint density at radius 1 is 0.837 bits per heavy atom. The molecule has 1 amide bonds. The second-order valence-corrected chi connectivity index (χ2v) is 12.1. The number of nitrogens with zero attached hydrogens (tertiary/aromatic N) is 4. The number of β-amino-alcohol motifs (C(OH)–C–C–N with tert-alkyl or cyclic N) is 1. The molecule has 1 aliphatic rings. The fraction of sp³-hybridized carbons (Fsp3) is 0.286. The third-order valence-corrected chi connectivity index (χ3v) is 7.84. The summed E-state index contributed by atoms with van der Waals surface area (Å²) in [7, 11) is 0. The summed E-state index contributed by atoms with van der Waals surface area (Å²) in [6.07, 6.45) is 3.00. The molecule has 1 aliphatic heterocycles. The van der Waals surface area contributed by atoms with Gasteiger partial charge in [-0.25, -0.2) is 14.8 Å². The van der Waals surface area contributed by atoms with Crippen LogP contribution in [0.5, 0.6) is 0 Å². The van der Waals surface area contributed by atoms with Crippen molar-refractivity contribution in [3.05, 3.63) is 126 Å². The molecule has 43 heavy (non-hydrogen) atoms. The number of nitrogens with one attached hydrogen (secondary N) is 1. The Labute approximate surface area is 252 Å². The zero-order valence-corrected chi connectivity index (χ0v) is 24.7. The van der Waals surface area contributed by atoms with E-state index < -0.39 is 23.3 Å². The van der Waals surface area contributed by atoms with Crippen LogP contribution in [0.3, 0.4) is 0 Å². The van der Waals surface area contributed by atoms with Crippen LogP contribution in [0.15, 0.2) is 110 Å². The Kier molecular flexibility index (Phi) is 7.62. The first-order chi connectivity index (χ1) is 20.8. The van der Waals surface area contributed by atoms with E-state index in [4.69, 9.17) is 9.72 Å². The van der Waals surface area contributed by atoms with Gasteiger partial charge in [0.2, 0.25) is 0 Å². The molecule has 0 aliphatic carbocycles. The molecule has 8 heteroatoms. The van der Waals surface area contributed by atoms with Crippen LogP contribution in [0.1, 0.15) is 43.9 Å². The number of aliphatic hydroxyl groups is 1. The zero-order valence-electron chi connectivity index (χ0n) is 24.7. The van der Waals surface area contributed by atoms with E-state index in [2.05, 4.69) is 93.9 Å². The van der Waals surface area contributed by atoms with Crippen LogP contribution in [0, 0.1) is 0 Å². The van der Waals surface area contributed by atoms with Gasteiger partial charge in [0.25, 0.3) is 0 Å². The summed E-state index contributed by atoms with van der Waals surface area (Å²) in [5.41, 5.74) is 2.72. The van der Waals surface area contributed by atoms with Crippen molar-refractivity contribution < 1.29 is 14.6 Å². The summed E-state index contributed by atoms with van der Waals surface area (Å²) in [4.78, 5) is 23.8. The lowest BCUT2D eigenvalue weighted by Crippen LogP contribution is -2.52. The fourth-order valence-corrected chi connectivity index (χ4v) is 6.14. The van der Waals surface area contributed by atoms with Crippen LogP contribution in [0.25, 0.3) is 11.0 Å². The second-order valence-electron chi connectivity index (χ2n) is 12.1. The summed E-state index contributed by atoms with van der Waals surface area (Å²) in [5, 5.41) is 15.0. The molecular weight excluding hydrogens is 538 g/mol. The molecular formula is C35H37N5O3. The smallest absolute Gasteiger partial charge is 0.410 e. The normalized spacial score (nSPS) is 17.5. The number of carbonyl (C=O) groups is 1. The number of benzene rings is 3. The molecule has 0 saturated carbocycles. The molecule has 3 aromatic carbocycles. The van der Waals surface area contributed by atoms with Gasteiger partial charge >= 0.3 is 6.09 Å². The van der Waals surface area contributed by atoms with Crippen LogP contribution in [-0.4, -0.2) is 61.5 Å². The monoisotopic (exact) mass is 575 g/mol. The van der Waals surface area contributed by atoms with Crippen LogP contribution in [0.4, 0.5) is 10.6 Å². The minimum absolute atomic E-state index is 0.222. The number of hydrogen-bond donors (Lipinski definition) is 2. The summed E-state index contributed by atoms with van der Waals surface area (Å²) < 4.78 is 7.80. The Morgan fingerprint density at radius 3 is 1.93 bits per heavy atom. The SMILES string of the molecule is CC(C)(C)OC(=O)N1C[C@H](O)C[C@@H](Nc2ncnc3c2ccn3C(c2ccccc2)(c2ccccc2)c2ccccc2)C1. The van der Waals surface area contributed by atoms with E-state index in [1.165, 1.54) is 0 Å². The maximum Gasteiger partial charge on any atom is 0.410 e. The van der Waals surface area contributed by atoms with Gasteiger partial charge < -0.3 is 24.6 Å². The summed E-state index contributed by atoms with van der Waals surface area (Å²) >= 11 is 0.